The van der Waals surface area contributed by atoms with E-state index in [0.29, 0.717) is 32.5 Å². The normalized spacial score (nSPS) is 21.9. The second-order valence-corrected chi connectivity index (χ2v) is 24.8. The van der Waals surface area contributed by atoms with Crippen LogP contribution in [0.3, 0.4) is 0 Å². The molecular weight excluding hydrogens is 781 g/mol. The molecule has 1 heterocycles. The molecule has 1 saturated heterocycles. The summed E-state index contributed by atoms with van der Waals surface area (Å²) in [6.45, 7) is 16.3. The molecule has 2 aliphatic rings. The second kappa shape index (κ2) is 20.4. The number of carbonyl (C=O) groups is 3. The molecule has 0 amide bonds. The van der Waals surface area contributed by atoms with Gasteiger partial charge in [-0.05, 0) is 88.6 Å². The van der Waals surface area contributed by atoms with Gasteiger partial charge in [-0.15, -0.1) is 30.1 Å². The first kappa shape index (κ1) is 45.9. The van der Waals surface area contributed by atoms with Crippen LogP contribution in [0.25, 0.3) is 0 Å². The fourth-order valence-corrected chi connectivity index (χ4v) is 17.6. The maximum Gasteiger partial charge on any atom is 0.316 e. The summed E-state index contributed by atoms with van der Waals surface area (Å²) in [6.07, 6.45) is 5.56. The van der Waals surface area contributed by atoms with Gasteiger partial charge in [0.15, 0.2) is 5.78 Å². The highest BCUT2D eigenvalue weighted by atomic mass is 32.2. The highest BCUT2D eigenvalue weighted by Crippen LogP contribution is 2.56. The Bertz CT molecular complexity index is 1770. The molecule has 0 spiro atoms. The van der Waals surface area contributed by atoms with Crippen LogP contribution < -0.4 is 15.1 Å². The van der Waals surface area contributed by atoms with Crippen molar-refractivity contribution < 1.29 is 33.0 Å². The van der Waals surface area contributed by atoms with Gasteiger partial charge in [0.05, 0.1) is 20.8 Å². The minimum absolute atomic E-state index is 0.125. The third-order valence-electron chi connectivity index (χ3n) is 12.2. The first-order chi connectivity index (χ1) is 27.7. The molecule has 2 fully saturated rings. The fraction of sp³-hybridized carbons (Fsp3) is 0.521. The molecule has 1 saturated carbocycles. The molecule has 1 aliphatic heterocycles. The van der Waals surface area contributed by atoms with Crippen LogP contribution in [-0.4, -0.2) is 68.9 Å². The van der Waals surface area contributed by atoms with Crippen molar-refractivity contribution >= 4 is 59.8 Å². The molecule has 5 rings (SSSR count). The van der Waals surface area contributed by atoms with Gasteiger partial charge < -0.3 is 18.6 Å². The third kappa shape index (κ3) is 10.2. The number of carbonyl (C=O) groups excluding carboxylic acids is 3. The zero-order valence-electron chi connectivity index (χ0n) is 35.6. The number of rotatable bonds is 20. The van der Waals surface area contributed by atoms with E-state index in [9.17, 15) is 9.59 Å². The smallest absolute Gasteiger partial charge is 0.316 e. The van der Waals surface area contributed by atoms with Crippen molar-refractivity contribution in [3.8, 4) is 5.75 Å². The first-order valence-corrected chi connectivity index (χ1v) is 24.6. The number of benzene rings is 3. The Morgan fingerprint density at radius 1 is 0.931 bits per heavy atom. The average molecular weight is 845 g/mol. The molecule has 7 nitrogen and oxygen atoms in total. The number of hydrogen-bond donors (Lipinski definition) is 0. The highest BCUT2D eigenvalue weighted by Gasteiger charge is 2.61. The minimum Gasteiger partial charge on any atom is -0.497 e. The summed E-state index contributed by atoms with van der Waals surface area (Å²) in [6, 6.07) is 28.8. The maximum atomic E-state index is 15.7. The van der Waals surface area contributed by atoms with E-state index in [2.05, 4.69) is 89.7 Å². The van der Waals surface area contributed by atoms with Gasteiger partial charge in [0.1, 0.15) is 21.5 Å². The summed E-state index contributed by atoms with van der Waals surface area (Å²) >= 11 is 3.50. The van der Waals surface area contributed by atoms with Crippen molar-refractivity contribution in [1.82, 2.24) is 0 Å². The second-order valence-electron chi connectivity index (χ2n) is 17.4. The van der Waals surface area contributed by atoms with Gasteiger partial charge >= 0.3 is 5.97 Å². The lowest BCUT2D eigenvalue weighted by Gasteiger charge is -2.47. The molecule has 10 heteroatoms. The maximum absolute atomic E-state index is 15.7. The third-order valence-corrected chi connectivity index (χ3v) is 20.5. The number of ketones is 2. The van der Waals surface area contributed by atoms with Crippen LogP contribution >= 0.6 is 23.5 Å². The lowest BCUT2D eigenvalue weighted by Crippen LogP contribution is -2.67. The predicted molar refractivity (Wildman–Crippen MR) is 242 cm³/mol. The van der Waals surface area contributed by atoms with E-state index in [0.717, 1.165) is 46.0 Å². The molecule has 0 unspecified atom stereocenters. The molecule has 58 heavy (non-hydrogen) atoms. The summed E-state index contributed by atoms with van der Waals surface area (Å²) in [7, 11) is -0.0268. The quantitative estimate of drug-likeness (QED) is 0.0363. The predicted octanol–water partition coefficient (Wildman–Crippen LogP) is 9.31. The van der Waals surface area contributed by atoms with Crippen molar-refractivity contribution in [3.05, 3.63) is 103 Å². The molecule has 0 bridgehead atoms. The number of allylic oxidation sites excluding steroid dienone is 1. The van der Waals surface area contributed by atoms with Gasteiger partial charge in [-0.25, -0.2) is 0 Å². The van der Waals surface area contributed by atoms with Crippen LogP contribution in [-0.2, 0) is 34.9 Å². The largest absolute Gasteiger partial charge is 0.497 e. The topological polar surface area (TPSA) is 88.1 Å². The molecule has 5 atom stereocenters. The van der Waals surface area contributed by atoms with Crippen LogP contribution in [0.15, 0.2) is 97.6 Å². The van der Waals surface area contributed by atoms with Crippen LogP contribution in [0.5, 0.6) is 5.75 Å². The zero-order valence-corrected chi connectivity index (χ0v) is 38.3. The van der Waals surface area contributed by atoms with Gasteiger partial charge in [0, 0.05) is 31.0 Å². The van der Waals surface area contributed by atoms with Crippen molar-refractivity contribution in [1.29, 1.82) is 0 Å². The van der Waals surface area contributed by atoms with Crippen molar-refractivity contribution in [2.75, 3.05) is 38.9 Å². The molecule has 1 aliphatic carbocycles. The van der Waals surface area contributed by atoms with E-state index in [4.69, 9.17) is 18.6 Å². The molecular formula is C48H64O7S2Si. The lowest BCUT2D eigenvalue weighted by molar-refractivity contribution is -0.152. The highest BCUT2D eigenvalue weighted by molar-refractivity contribution is 8.19. The van der Waals surface area contributed by atoms with Crippen molar-refractivity contribution in [2.45, 2.75) is 88.9 Å². The number of ether oxygens (including phenoxy) is 3. The van der Waals surface area contributed by atoms with E-state index in [1.165, 1.54) is 7.11 Å². The molecule has 314 valence electrons. The zero-order chi connectivity index (χ0) is 42.0. The Labute approximate surface area is 356 Å². The molecule has 0 aromatic heterocycles. The fourth-order valence-electron chi connectivity index (χ4n) is 9.28. The Hall–Kier alpha value is -3.15. The summed E-state index contributed by atoms with van der Waals surface area (Å²) in [4.78, 5) is 43.7. The van der Waals surface area contributed by atoms with E-state index < -0.39 is 41.5 Å². The summed E-state index contributed by atoms with van der Waals surface area (Å²) < 4.78 is 23.6. The standard InChI is InChI=1S/C48H64O7S2Si/c1-9-10-22-40(44(50)48(56-29-17-30-57-48)31-35(2)27-28-54-33-36-23-25-37(52-7)26-24-36)43-42(45(51)53-8)41(49)32-47(43,6)34-55-58(46(3,4)5,38-18-13-11-14-19-38)39-20-15-12-16-21-39/h9,11-16,18-21,23-26,35,40,42-43H,1,10,17,22,27-34H2,2-8H3/t35-,40-,42+,43-,47-/m1/s1. The Balaban J connectivity index is 1.48. The molecule has 3 aromatic carbocycles. The number of thioether (sulfide) groups is 2. The summed E-state index contributed by atoms with van der Waals surface area (Å²) in [5.74, 6) is -0.103. The van der Waals surface area contributed by atoms with Crippen LogP contribution in [0.4, 0.5) is 0 Å². The van der Waals surface area contributed by atoms with E-state index in [-0.39, 0.29) is 35.6 Å². The molecule has 0 N–H and O–H groups in total. The van der Waals surface area contributed by atoms with Crippen molar-refractivity contribution in [2.24, 2.45) is 29.1 Å². The van der Waals surface area contributed by atoms with Crippen LogP contribution in [0.2, 0.25) is 5.04 Å². The van der Waals surface area contributed by atoms with Gasteiger partial charge in [-0.3, -0.25) is 14.4 Å². The monoisotopic (exact) mass is 844 g/mol. The van der Waals surface area contributed by atoms with E-state index in [1.807, 2.05) is 42.5 Å². The van der Waals surface area contributed by atoms with Crippen LogP contribution in [0.1, 0.15) is 78.7 Å². The number of esters is 1. The minimum atomic E-state index is -3.03. The van der Waals surface area contributed by atoms with Gasteiger partial charge in [0.2, 0.25) is 0 Å². The molecule has 0 radical (unpaired) electrons. The van der Waals surface area contributed by atoms with E-state index in [1.54, 1.807) is 30.6 Å². The SMILES string of the molecule is C=CCC[C@@H](C(=O)C1(C[C@H](C)CCOCc2ccc(OC)cc2)SCCCS1)[C@@H]1[C@@H](C(=O)OC)C(=O)C[C@]1(C)CO[Si](c1ccccc1)(c1ccccc1)C(C)(C)C. The first-order valence-electron chi connectivity index (χ1n) is 20.7. The Kier molecular flexibility index (Phi) is 16.2. The average Bonchev–Trinajstić information content (AvgIpc) is 3.49. The summed E-state index contributed by atoms with van der Waals surface area (Å²) in [5.41, 5.74) is 0.258. The Morgan fingerprint density at radius 3 is 2.07 bits per heavy atom. The number of hydrogen-bond acceptors (Lipinski definition) is 9. The van der Waals surface area contributed by atoms with Crippen LogP contribution in [0, 0.1) is 29.1 Å². The summed E-state index contributed by atoms with van der Waals surface area (Å²) in [5, 5.41) is 1.98. The number of Topliss-reactive ketones (excluding diaryl/α,β-unsaturated/α-hetero) is 2. The lowest BCUT2D eigenvalue weighted by atomic mass is 9.66. The van der Waals surface area contributed by atoms with E-state index >= 15 is 4.79 Å². The van der Waals surface area contributed by atoms with Gasteiger partial charge in [0.25, 0.3) is 8.32 Å². The van der Waals surface area contributed by atoms with Gasteiger partial charge in [-0.2, -0.15) is 0 Å². The van der Waals surface area contributed by atoms with Gasteiger partial charge in [-0.1, -0.05) is 113 Å². The number of methoxy groups -OCH3 is 2. The Morgan fingerprint density at radius 2 is 1.53 bits per heavy atom. The van der Waals surface area contributed by atoms with Crippen molar-refractivity contribution in [3.63, 3.8) is 0 Å². The molecule has 3 aromatic rings.